The van der Waals surface area contributed by atoms with Crippen LogP contribution in [0.25, 0.3) is 27.6 Å². The highest BCUT2D eigenvalue weighted by Crippen LogP contribution is 2.35. The van der Waals surface area contributed by atoms with Gasteiger partial charge in [-0.15, -0.1) is 0 Å². The SMILES string of the molecule is C[C@H]1CN(C(=O)[C@@H]2CC[C@@H](Cc3ncc4c(Br)nn(-c5ccc6ncccc6c5)c4n3)C2)C[C@H](C)N1. The van der Waals surface area contributed by atoms with Crippen molar-refractivity contribution in [1.82, 2.24) is 34.9 Å². The molecule has 1 saturated carbocycles. The van der Waals surface area contributed by atoms with Crippen LogP contribution in [0.5, 0.6) is 0 Å². The fourth-order valence-corrected chi connectivity index (χ4v) is 6.32. The lowest BCUT2D eigenvalue weighted by Crippen LogP contribution is -2.56. The van der Waals surface area contributed by atoms with Gasteiger partial charge in [-0.1, -0.05) is 6.07 Å². The summed E-state index contributed by atoms with van der Waals surface area (Å²) in [5.74, 6) is 1.66. The predicted octanol–water partition coefficient (Wildman–Crippen LogP) is 4.29. The molecule has 1 amide bonds. The number of carbonyl (C=O) groups excluding carboxylic acids is 1. The minimum atomic E-state index is 0.113. The van der Waals surface area contributed by atoms with E-state index < -0.39 is 0 Å². The van der Waals surface area contributed by atoms with E-state index in [9.17, 15) is 4.79 Å². The number of benzene rings is 1. The highest BCUT2D eigenvalue weighted by atomic mass is 79.9. The van der Waals surface area contributed by atoms with Crippen LogP contribution in [0.4, 0.5) is 0 Å². The molecule has 36 heavy (non-hydrogen) atoms. The molecule has 0 spiro atoms. The number of amides is 1. The van der Waals surface area contributed by atoms with Crippen molar-refractivity contribution in [3.8, 4) is 5.69 Å². The van der Waals surface area contributed by atoms with Crippen LogP contribution >= 0.6 is 15.9 Å². The van der Waals surface area contributed by atoms with Gasteiger partial charge in [0.05, 0.1) is 16.6 Å². The molecule has 3 aromatic heterocycles. The van der Waals surface area contributed by atoms with Crippen LogP contribution in [-0.2, 0) is 11.2 Å². The van der Waals surface area contributed by atoms with Crippen molar-refractivity contribution < 1.29 is 4.79 Å². The topological polar surface area (TPSA) is 88.8 Å². The molecule has 1 N–H and O–H groups in total. The maximum atomic E-state index is 13.2. The predicted molar refractivity (Wildman–Crippen MR) is 143 cm³/mol. The summed E-state index contributed by atoms with van der Waals surface area (Å²) in [4.78, 5) is 29.3. The van der Waals surface area contributed by atoms with Crippen LogP contribution in [0.3, 0.4) is 0 Å². The van der Waals surface area contributed by atoms with Crippen LogP contribution < -0.4 is 5.32 Å². The average molecular weight is 548 g/mol. The van der Waals surface area contributed by atoms with Crippen molar-refractivity contribution in [2.45, 2.75) is 51.6 Å². The summed E-state index contributed by atoms with van der Waals surface area (Å²) < 4.78 is 2.59. The Morgan fingerprint density at radius 2 is 1.97 bits per heavy atom. The maximum absolute atomic E-state index is 13.2. The molecule has 0 bridgehead atoms. The lowest BCUT2D eigenvalue weighted by molar-refractivity contribution is -0.137. The summed E-state index contributed by atoms with van der Waals surface area (Å²) in [7, 11) is 0. The standard InChI is InChI=1S/C27H30BrN7O/c1-16-14-34(15-17(2)31-16)27(36)20-6-5-18(10-20)11-24-30-13-22-25(28)33-35(26(22)32-24)21-7-8-23-19(12-21)4-3-9-29-23/h3-4,7-9,12-13,16-18,20,31H,5-6,10-11,14-15H2,1-2H3/t16-,17-,18+,20+/m0/s1. The number of piperazine rings is 1. The Kier molecular flexibility index (Phi) is 6.21. The van der Waals surface area contributed by atoms with Gasteiger partial charge in [0, 0.05) is 55.3 Å². The monoisotopic (exact) mass is 547 g/mol. The minimum absolute atomic E-state index is 0.113. The lowest BCUT2D eigenvalue weighted by atomic mass is 9.99. The summed E-state index contributed by atoms with van der Waals surface area (Å²) >= 11 is 3.58. The molecular weight excluding hydrogens is 518 g/mol. The molecule has 9 heteroatoms. The molecule has 186 valence electrons. The van der Waals surface area contributed by atoms with Gasteiger partial charge in [0.2, 0.25) is 5.91 Å². The third-order valence-corrected chi connectivity index (χ3v) is 8.08. The van der Waals surface area contributed by atoms with E-state index in [1.165, 1.54) is 0 Å². The molecule has 1 aromatic carbocycles. The number of nitrogens with one attached hydrogen (secondary N) is 1. The summed E-state index contributed by atoms with van der Waals surface area (Å²) in [6, 6.07) is 10.8. The molecule has 1 aliphatic carbocycles. The Hall–Kier alpha value is -2.91. The van der Waals surface area contributed by atoms with Crippen molar-refractivity contribution in [2.24, 2.45) is 11.8 Å². The van der Waals surface area contributed by atoms with Crippen LogP contribution in [-0.4, -0.2) is 60.7 Å². The highest BCUT2D eigenvalue weighted by Gasteiger charge is 2.35. The minimum Gasteiger partial charge on any atom is -0.339 e. The van der Waals surface area contributed by atoms with Gasteiger partial charge in [-0.05, 0) is 79.2 Å². The van der Waals surface area contributed by atoms with E-state index in [0.29, 0.717) is 23.9 Å². The molecule has 0 unspecified atom stereocenters. The van der Waals surface area contributed by atoms with Gasteiger partial charge in [-0.3, -0.25) is 9.78 Å². The molecule has 4 aromatic rings. The largest absolute Gasteiger partial charge is 0.339 e. The molecule has 8 nitrogen and oxygen atoms in total. The zero-order chi connectivity index (χ0) is 24.8. The number of fused-ring (bicyclic) bond motifs is 2. The van der Waals surface area contributed by atoms with Crippen molar-refractivity contribution >= 4 is 43.8 Å². The molecule has 6 rings (SSSR count). The molecule has 2 aliphatic rings. The number of aromatic nitrogens is 5. The second-order valence-electron chi connectivity index (χ2n) is 10.4. The number of pyridine rings is 1. The van der Waals surface area contributed by atoms with Crippen LogP contribution in [0, 0.1) is 11.8 Å². The van der Waals surface area contributed by atoms with E-state index in [0.717, 1.165) is 76.8 Å². The van der Waals surface area contributed by atoms with Crippen molar-refractivity contribution in [3.63, 3.8) is 0 Å². The number of nitrogens with zero attached hydrogens (tertiary/aromatic N) is 6. The molecule has 4 atom stereocenters. The Morgan fingerprint density at radius 3 is 2.81 bits per heavy atom. The summed E-state index contributed by atoms with van der Waals surface area (Å²) in [6.45, 7) is 5.90. The third kappa shape index (κ3) is 4.50. The first-order valence-electron chi connectivity index (χ1n) is 12.7. The highest BCUT2D eigenvalue weighted by molar-refractivity contribution is 9.10. The van der Waals surface area contributed by atoms with Gasteiger partial charge in [0.25, 0.3) is 0 Å². The Balaban J connectivity index is 1.21. The van der Waals surface area contributed by atoms with E-state index in [2.05, 4.69) is 56.0 Å². The first kappa shape index (κ1) is 23.5. The zero-order valence-electron chi connectivity index (χ0n) is 20.6. The molecule has 2 fully saturated rings. The number of hydrogen-bond acceptors (Lipinski definition) is 6. The first-order chi connectivity index (χ1) is 17.4. The number of hydrogen-bond donors (Lipinski definition) is 1. The smallest absolute Gasteiger partial charge is 0.225 e. The van der Waals surface area contributed by atoms with Crippen LogP contribution in [0.2, 0.25) is 0 Å². The normalized spacial score (nSPS) is 24.6. The fraction of sp³-hybridized carbons (Fsp3) is 0.444. The van der Waals surface area contributed by atoms with Gasteiger partial charge < -0.3 is 10.2 Å². The summed E-state index contributed by atoms with van der Waals surface area (Å²) in [5.41, 5.74) is 2.66. The molecule has 1 aliphatic heterocycles. The Morgan fingerprint density at radius 1 is 1.14 bits per heavy atom. The van der Waals surface area contributed by atoms with Crippen LogP contribution in [0.15, 0.2) is 47.3 Å². The Labute approximate surface area is 218 Å². The third-order valence-electron chi connectivity index (χ3n) is 7.49. The number of rotatable bonds is 4. The van der Waals surface area contributed by atoms with E-state index in [1.54, 1.807) is 6.20 Å². The first-order valence-corrected chi connectivity index (χ1v) is 13.5. The molecular formula is C27H30BrN7O. The van der Waals surface area contributed by atoms with Gasteiger partial charge in [0.1, 0.15) is 10.4 Å². The van der Waals surface area contributed by atoms with Gasteiger partial charge in [-0.2, -0.15) is 5.10 Å². The zero-order valence-corrected chi connectivity index (χ0v) is 22.1. The fourth-order valence-electron chi connectivity index (χ4n) is 5.89. The van der Waals surface area contributed by atoms with Crippen molar-refractivity contribution in [3.05, 3.63) is 53.2 Å². The van der Waals surface area contributed by atoms with Gasteiger partial charge in [0.15, 0.2) is 5.65 Å². The Bertz CT molecular complexity index is 1430. The second-order valence-corrected chi connectivity index (χ2v) is 11.1. The average Bonchev–Trinajstić information content (AvgIpc) is 3.47. The van der Waals surface area contributed by atoms with E-state index in [1.807, 2.05) is 35.1 Å². The van der Waals surface area contributed by atoms with Crippen molar-refractivity contribution in [2.75, 3.05) is 13.1 Å². The lowest BCUT2D eigenvalue weighted by Gasteiger charge is -2.37. The summed E-state index contributed by atoms with van der Waals surface area (Å²) in [5, 5.41) is 10.1. The molecule has 1 saturated heterocycles. The van der Waals surface area contributed by atoms with Crippen molar-refractivity contribution in [1.29, 1.82) is 0 Å². The van der Waals surface area contributed by atoms with Crippen LogP contribution in [0.1, 0.15) is 38.9 Å². The van der Waals surface area contributed by atoms with E-state index >= 15 is 0 Å². The van der Waals surface area contributed by atoms with Gasteiger partial charge in [-0.25, -0.2) is 14.6 Å². The number of carbonyl (C=O) groups is 1. The summed E-state index contributed by atoms with van der Waals surface area (Å²) in [6.07, 6.45) is 7.33. The maximum Gasteiger partial charge on any atom is 0.225 e. The number of halogens is 1. The second kappa shape index (κ2) is 9.52. The molecule has 0 radical (unpaired) electrons. The van der Waals surface area contributed by atoms with E-state index in [4.69, 9.17) is 10.1 Å². The van der Waals surface area contributed by atoms with Gasteiger partial charge >= 0.3 is 0 Å². The quantitative estimate of drug-likeness (QED) is 0.410. The van der Waals surface area contributed by atoms with E-state index in [-0.39, 0.29) is 5.92 Å². The molecule has 4 heterocycles.